The number of hydrogen-bond acceptors (Lipinski definition) is 3. The Balaban J connectivity index is 2.21. The summed E-state index contributed by atoms with van der Waals surface area (Å²) in [6.45, 7) is 2.02. The lowest BCUT2D eigenvalue weighted by molar-refractivity contribution is -0.145. The van der Waals surface area contributed by atoms with Gasteiger partial charge in [0.25, 0.3) is 0 Å². The fourth-order valence-electron chi connectivity index (χ4n) is 2.09. The molecule has 0 saturated heterocycles. The van der Waals surface area contributed by atoms with E-state index in [1.165, 1.54) is 0 Å². The highest BCUT2D eigenvalue weighted by molar-refractivity contribution is 5.95. The van der Waals surface area contributed by atoms with Gasteiger partial charge in [0, 0.05) is 6.42 Å². The summed E-state index contributed by atoms with van der Waals surface area (Å²) in [6.07, 6.45) is 2.19. The molecule has 3 nitrogen and oxygen atoms in total. The minimum Gasteiger partial charge on any atom is -0.466 e. The Morgan fingerprint density at radius 3 is 2.44 bits per heavy atom. The van der Waals surface area contributed by atoms with Crippen LogP contribution in [0.2, 0.25) is 0 Å². The van der Waals surface area contributed by atoms with Gasteiger partial charge in [0.05, 0.1) is 6.61 Å². The van der Waals surface area contributed by atoms with Crippen molar-refractivity contribution in [2.75, 3.05) is 6.61 Å². The van der Waals surface area contributed by atoms with Crippen molar-refractivity contribution in [1.82, 2.24) is 0 Å². The van der Waals surface area contributed by atoms with Gasteiger partial charge in [-0.3, -0.25) is 9.59 Å². The molecule has 92 valence electrons. The van der Waals surface area contributed by atoms with Crippen LogP contribution in [0.5, 0.6) is 0 Å². The highest BCUT2D eigenvalue weighted by atomic mass is 19.1. The van der Waals surface area contributed by atoms with Crippen LogP contribution in [0.15, 0.2) is 0 Å². The molecule has 0 aliphatic heterocycles. The molecule has 1 rings (SSSR count). The van der Waals surface area contributed by atoms with Crippen molar-refractivity contribution in [2.45, 2.75) is 51.6 Å². The Bertz CT molecular complexity index is 245. The lowest BCUT2D eigenvalue weighted by Gasteiger charge is -2.23. The zero-order valence-corrected chi connectivity index (χ0v) is 9.71. The van der Waals surface area contributed by atoms with Crippen LogP contribution >= 0.6 is 0 Å². The van der Waals surface area contributed by atoms with Crippen LogP contribution in [-0.2, 0) is 14.3 Å². The van der Waals surface area contributed by atoms with Crippen molar-refractivity contribution in [1.29, 1.82) is 0 Å². The predicted molar refractivity (Wildman–Crippen MR) is 57.7 cm³/mol. The van der Waals surface area contributed by atoms with Gasteiger partial charge in [0.2, 0.25) is 0 Å². The molecule has 0 aromatic heterocycles. The number of carbonyl (C=O) groups is 2. The zero-order chi connectivity index (χ0) is 12.0. The summed E-state index contributed by atoms with van der Waals surface area (Å²) in [5, 5.41) is 0. The van der Waals surface area contributed by atoms with Gasteiger partial charge < -0.3 is 4.74 Å². The maximum Gasteiger partial charge on any atom is 0.313 e. The van der Waals surface area contributed by atoms with Crippen LogP contribution < -0.4 is 0 Å². The summed E-state index contributed by atoms with van der Waals surface area (Å²) in [5.41, 5.74) is 0. The first-order valence-corrected chi connectivity index (χ1v) is 5.93. The van der Waals surface area contributed by atoms with E-state index in [2.05, 4.69) is 0 Å². The molecule has 0 unspecified atom stereocenters. The number of rotatable bonds is 5. The number of Topliss-reactive ketones (excluding diaryl/α,β-unsaturated/α-hetero) is 1. The maximum absolute atomic E-state index is 12.8. The fraction of sp³-hybridized carbons (Fsp3) is 0.833. The third-order valence-corrected chi connectivity index (χ3v) is 2.94. The third kappa shape index (κ3) is 4.73. The number of carbonyl (C=O) groups excluding carboxylic acids is 2. The molecular formula is C12H19FO3. The smallest absolute Gasteiger partial charge is 0.313 e. The summed E-state index contributed by atoms with van der Waals surface area (Å²) in [7, 11) is 0. The van der Waals surface area contributed by atoms with Crippen molar-refractivity contribution in [2.24, 2.45) is 5.92 Å². The average molecular weight is 230 g/mol. The summed E-state index contributed by atoms with van der Waals surface area (Å²) in [5.74, 6) is -0.277. The van der Waals surface area contributed by atoms with Crippen LogP contribution in [0, 0.1) is 5.92 Å². The van der Waals surface area contributed by atoms with E-state index in [-0.39, 0.29) is 18.1 Å². The van der Waals surface area contributed by atoms with Crippen molar-refractivity contribution < 1.29 is 18.7 Å². The number of halogens is 1. The normalized spacial score (nSPS) is 25.1. The lowest BCUT2D eigenvalue weighted by Crippen LogP contribution is -2.19. The molecule has 0 heterocycles. The van der Waals surface area contributed by atoms with Crippen molar-refractivity contribution in [3.05, 3.63) is 0 Å². The largest absolute Gasteiger partial charge is 0.466 e. The maximum atomic E-state index is 12.8. The lowest BCUT2D eigenvalue weighted by atomic mass is 9.84. The standard InChI is InChI=1S/C12H19FO3/c1-2-16-12(15)8-11(14)7-9-3-5-10(13)6-4-9/h9-10H,2-8H2,1H3. The number of ether oxygens (including phenoxy) is 1. The first kappa shape index (κ1) is 13.1. The number of hydrogen-bond donors (Lipinski definition) is 0. The minimum atomic E-state index is -0.698. The SMILES string of the molecule is CCOC(=O)CC(=O)CC1CCC(F)CC1. The van der Waals surface area contributed by atoms with Crippen molar-refractivity contribution in [3.63, 3.8) is 0 Å². The fourth-order valence-corrected chi connectivity index (χ4v) is 2.09. The van der Waals surface area contributed by atoms with Gasteiger partial charge in [-0.1, -0.05) is 0 Å². The highest BCUT2D eigenvalue weighted by Gasteiger charge is 2.23. The molecule has 0 bridgehead atoms. The molecule has 0 N–H and O–H groups in total. The van der Waals surface area contributed by atoms with Gasteiger partial charge in [0.15, 0.2) is 0 Å². The Labute approximate surface area is 95.3 Å². The summed E-state index contributed by atoms with van der Waals surface area (Å²) in [4.78, 5) is 22.5. The third-order valence-electron chi connectivity index (χ3n) is 2.94. The first-order chi connectivity index (χ1) is 7.61. The molecule has 0 spiro atoms. The number of ketones is 1. The van der Waals surface area contributed by atoms with E-state index in [4.69, 9.17) is 4.74 Å². The molecule has 1 aliphatic carbocycles. The van der Waals surface area contributed by atoms with Crippen LogP contribution in [0.1, 0.15) is 45.4 Å². The molecule has 4 heteroatoms. The molecule has 0 radical (unpaired) electrons. The molecule has 16 heavy (non-hydrogen) atoms. The van der Waals surface area contributed by atoms with Crippen molar-refractivity contribution >= 4 is 11.8 Å². The Hall–Kier alpha value is -0.930. The van der Waals surface area contributed by atoms with Gasteiger partial charge >= 0.3 is 5.97 Å². The zero-order valence-electron chi connectivity index (χ0n) is 9.71. The number of alkyl halides is 1. The van der Waals surface area contributed by atoms with Crippen LogP contribution in [0.3, 0.4) is 0 Å². The van der Waals surface area contributed by atoms with Crippen molar-refractivity contribution in [3.8, 4) is 0 Å². The second-order valence-corrected chi connectivity index (χ2v) is 4.34. The van der Waals surface area contributed by atoms with Crippen LogP contribution in [-0.4, -0.2) is 24.5 Å². The van der Waals surface area contributed by atoms with Gasteiger partial charge in [-0.2, -0.15) is 0 Å². The van der Waals surface area contributed by atoms with Gasteiger partial charge in [-0.15, -0.1) is 0 Å². The van der Waals surface area contributed by atoms with Gasteiger partial charge in [0.1, 0.15) is 18.4 Å². The van der Waals surface area contributed by atoms with E-state index in [0.717, 1.165) is 12.8 Å². The highest BCUT2D eigenvalue weighted by Crippen LogP contribution is 2.28. The monoisotopic (exact) mass is 230 g/mol. The Morgan fingerprint density at radius 2 is 1.88 bits per heavy atom. The molecule has 0 aromatic carbocycles. The molecule has 0 aromatic rings. The van der Waals surface area contributed by atoms with E-state index in [1.54, 1.807) is 6.92 Å². The van der Waals surface area contributed by atoms with Crippen LogP contribution in [0.4, 0.5) is 4.39 Å². The van der Waals surface area contributed by atoms with E-state index in [9.17, 15) is 14.0 Å². The quantitative estimate of drug-likeness (QED) is 0.538. The van der Waals surface area contributed by atoms with E-state index < -0.39 is 12.1 Å². The molecule has 0 amide bonds. The summed E-state index contributed by atoms with van der Waals surface area (Å²) >= 11 is 0. The van der Waals surface area contributed by atoms with Gasteiger partial charge in [-0.05, 0) is 38.5 Å². The van der Waals surface area contributed by atoms with E-state index in [1.807, 2.05) is 0 Å². The molecule has 1 aliphatic rings. The predicted octanol–water partition coefficient (Wildman–Crippen LogP) is 2.43. The Kier molecular flexibility index (Phi) is 5.43. The molecular weight excluding hydrogens is 211 g/mol. The molecule has 1 fully saturated rings. The van der Waals surface area contributed by atoms with Gasteiger partial charge in [-0.25, -0.2) is 4.39 Å². The molecule has 1 saturated carbocycles. The Morgan fingerprint density at radius 1 is 1.25 bits per heavy atom. The second-order valence-electron chi connectivity index (χ2n) is 4.34. The first-order valence-electron chi connectivity index (χ1n) is 5.93. The molecule has 0 atom stereocenters. The summed E-state index contributed by atoms with van der Waals surface area (Å²) < 4.78 is 17.5. The number of esters is 1. The second kappa shape index (κ2) is 6.61. The summed E-state index contributed by atoms with van der Waals surface area (Å²) in [6, 6.07) is 0. The van der Waals surface area contributed by atoms with E-state index in [0.29, 0.717) is 25.9 Å². The van der Waals surface area contributed by atoms with Crippen LogP contribution in [0.25, 0.3) is 0 Å². The average Bonchev–Trinajstić information content (AvgIpc) is 2.21. The topological polar surface area (TPSA) is 43.4 Å². The van der Waals surface area contributed by atoms with E-state index >= 15 is 0 Å². The minimum absolute atomic E-state index is 0.0826.